The molecule has 0 fully saturated rings. The third-order valence-corrected chi connectivity index (χ3v) is 2.92. The van der Waals surface area contributed by atoms with Crippen molar-refractivity contribution in [2.45, 2.75) is 6.10 Å². The molecule has 0 aliphatic rings. The fourth-order valence-corrected chi connectivity index (χ4v) is 1.65. The summed E-state index contributed by atoms with van der Waals surface area (Å²) in [5, 5.41) is 12.9. The van der Waals surface area contributed by atoms with Crippen LogP contribution in [0, 0.1) is 0 Å². The van der Waals surface area contributed by atoms with Crippen molar-refractivity contribution in [1.82, 2.24) is 4.90 Å². The predicted molar refractivity (Wildman–Crippen MR) is 74.7 cm³/mol. The number of rotatable bonds is 5. The lowest BCUT2D eigenvalue weighted by atomic mass is 10.1. The van der Waals surface area contributed by atoms with Gasteiger partial charge in [-0.25, -0.2) is 0 Å². The maximum absolute atomic E-state index is 11.9. The van der Waals surface area contributed by atoms with Crippen LogP contribution in [-0.4, -0.2) is 48.5 Å². The molecule has 0 radical (unpaired) electrons. The molecule has 2 N–H and O–H groups in total. The Kier molecular flexibility index (Phi) is 5.72. The van der Waals surface area contributed by atoms with E-state index in [4.69, 9.17) is 23.2 Å². The number of benzene rings is 1. The van der Waals surface area contributed by atoms with E-state index in [1.165, 1.54) is 4.90 Å². The highest BCUT2D eigenvalue weighted by Gasteiger charge is 2.14. The van der Waals surface area contributed by atoms with Gasteiger partial charge in [-0.15, -0.1) is 11.6 Å². The smallest absolute Gasteiger partial charge is 0.255 e. The molecule has 1 unspecified atom stereocenters. The van der Waals surface area contributed by atoms with E-state index in [-0.39, 0.29) is 18.3 Å². The van der Waals surface area contributed by atoms with Crippen molar-refractivity contribution in [1.29, 1.82) is 0 Å². The van der Waals surface area contributed by atoms with Crippen LogP contribution < -0.4 is 5.32 Å². The molecule has 0 aliphatic carbocycles. The van der Waals surface area contributed by atoms with Gasteiger partial charge in [-0.05, 0) is 18.2 Å². The van der Waals surface area contributed by atoms with Gasteiger partial charge in [-0.3, -0.25) is 4.79 Å². The average molecular weight is 291 g/mol. The molecule has 0 aliphatic heterocycles. The Morgan fingerprint density at radius 3 is 2.72 bits per heavy atom. The molecule has 4 nitrogen and oxygen atoms in total. The Labute approximate surface area is 116 Å². The van der Waals surface area contributed by atoms with E-state index < -0.39 is 6.10 Å². The van der Waals surface area contributed by atoms with Crippen LogP contribution >= 0.6 is 23.2 Å². The minimum absolute atomic E-state index is 0.129. The Hall–Kier alpha value is -0.970. The lowest BCUT2D eigenvalue weighted by Crippen LogP contribution is -2.25. The van der Waals surface area contributed by atoms with Crippen LogP contribution in [0.5, 0.6) is 0 Å². The predicted octanol–water partition coefficient (Wildman–Crippen LogP) is 2.05. The van der Waals surface area contributed by atoms with Gasteiger partial charge in [0.25, 0.3) is 5.91 Å². The molecule has 0 heterocycles. The molecule has 1 rings (SSSR count). The van der Waals surface area contributed by atoms with E-state index in [0.717, 1.165) is 0 Å². The number of alkyl halides is 1. The number of hydrogen-bond acceptors (Lipinski definition) is 3. The zero-order chi connectivity index (χ0) is 13.7. The Morgan fingerprint density at radius 2 is 2.17 bits per heavy atom. The number of aliphatic hydroxyl groups excluding tert-OH is 1. The van der Waals surface area contributed by atoms with E-state index in [9.17, 15) is 9.90 Å². The lowest BCUT2D eigenvalue weighted by molar-refractivity contribution is 0.0828. The highest BCUT2D eigenvalue weighted by atomic mass is 35.5. The maximum Gasteiger partial charge on any atom is 0.255 e. The fourth-order valence-electron chi connectivity index (χ4n) is 1.37. The zero-order valence-corrected chi connectivity index (χ0v) is 11.8. The molecule has 0 saturated carbocycles. The van der Waals surface area contributed by atoms with Crippen LogP contribution in [0.1, 0.15) is 10.4 Å². The van der Waals surface area contributed by atoms with E-state index in [1.807, 2.05) is 0 Å². The van der Waals surface area contributed by atoms with Crippen molar-refractivity contribution in [2.75, 3.05) is 31.8 Å². The first-order valence-electron chi connectivity index (χ1n) is 5.44. The van der Waals surface area contributed by atoms with Crippen molar-refractivity contribution < 1.29 is 9.90 Å². The van der Waals surface area contributed by atoms with Crippen molar-refractivity contribution in [2.24, 2.45) is 0 Å². The number of nitrogens with zero attached hydrogens (tertiary/aromatic N) is 1. The Bertz CT molecular complexity index is 425. The molecule has 1 aromatic rings. The van der Waals surface area contributed by atoms with E-state index in [1.54, 1.807) is 32.3 Å². The summed E-state index contributed by atoms with van der Waals surface area (Å²) in [5.74, 6) is -0.000575. The summed E-state index contributed by atoms with van der Waals surface area (Å²) in [6.45, 7) is 0.261. The summed E-state index contributed by atoms with van der Waals surface area (Å²) < 4.78 is 0. The third-order valence-electron chi connectivity index (χ3n) is 2.32. The van der Waals surface area contributed by atoms with Crippen LogP contribution in [0.4, 0.5) is 5.69 Å². The number of halogens is 2. The number of carbonyl (C=O) groups is 1. The van der Waals surface area contributed by atoms with Crippen LogP contribution in [-0.2, 0) is 0 Å². The molecular weight excluding hydrogens is 275 g/mol. The molecule has 0 spiro atoms. The average Bonchev–Trinajstić information content (AvgIpc) is 2.35. The van der Waals surface area contributed by atoms with Crippen molar-refractivity contribution in [3.63, 3.8) is 0 Å². The van der Waals surface area contributed by atoms with Gasteiger partial charge in [0, 0.05) is 31.4 Å². The van der Waals surface area contributed by atoms with Crippen molar-refractivity contribution >= 4 is 34.8 Å². The number of nitrogens with one attached hydrogen (secondary N) is 1. The lowest BCUT2D eigenvalue weighted by Gasteiger charge is -2.16. The normalized spacial score (nSPS) is 12.1. The monoisotopic (exact) mass is 290 g/mol. The van der Waals surface area contributed by atoms with E-state index >= 15 is 0 Å². The molecule has 1 atom stereocenters. The number of hydrogen-bond donors (Lipinski definition) is 2. The first-order valence-corrected chi connectivity index (χ1v) is 6.36. The molecule has 1 amide bonds. The molecule has 1 aromatic carbocycles. The maximum atomic E-state index is 11.9. The van der Waals surface area contributed by atoms with Crippen LogP contribution in [0.3, 0.4) is 0 Å². The molecule has 100 valence electrons. The van der Waals surface area contributed by atoms with Crippen molar-refractivity contribution in [3.05, 3.63) is 28.8 Å². The van der Waals surface area contributed by atoms with Gasteiger partial charge in [0.2, 0.25) is 0 Å². The number of carbonyl (C=O) groups excluding carboxylic acids is 1. The van der Waals surface area contributed by atoms with Crippen LogP contribution in [0.15, 0.2) is 18.2 Å². The molecule has 18 heavy (non-hydrogen) atoms. The third kappa shape index (κ3) is 4.05. The van der Waals surface area contributed by atoms with Gasteiger partial charge >= 0.3 is 0 Å². The molecule has 6 heteroatoms. The first-order chi connectivity index (χ1) is 8.45. The van der Waals surface area contributed by atoms with Gasteiger partial charge in [-0.2, -0.15) is 0 Å². The molecular formula is C12H16Cl2N2O2. The summed E-state index contributed by atoms with van der Waals surface area (Å²) in [4.78, 5) is 13.4. The van der Waals surface area contributed by atoms with Gasteiger partial charge in [0.05, 0.1) is 17.5 Å². The minimum atomic E-state index is -0.673. The van der Waals surface area contributed by atoms with E-state index in [0.29, 0.717) is 16.3 Å². The largest absolute Gasteiger partial charge is 0.390 e. The number of anilines is 1. The van der Waals surface area contributed by atoms with Crippen LogP contribution in [0.25, 0.3) is 0 Å². The van der Waals surface area contributed by atoms with Gasteiger partial charge in [0.1, 0.15) is 0 Å². The summed E-state index contributed by atoms with van der Waals surface area (Å²) >= 11 is 11.4. The van der Waals surface area contributed by atoms with Gasteiger partial charge in [-0.1, -0.05) is 11.6 Å². The molecule has 0 saturated heterocycles. The standard InChI is InChI=1S/C12H16Cl2N2O2/c1-16(2)12(18)10-4-3-8(14)5-11(10)15-7-9(17)6-13/h3-5,9,15,17H,6-7H2,1-2H3. The zero-order valence-electron chi connectivity index (χ0n) is 10.3. The van der Waals surface area contributed by atoms with Crippen LogP contribution in [0.2, 0.25) is 5.02 Å². The highest BCUT2D eigenvalue weighted by Crippen LogP contribution is 2.22. The topological polar surface area (TPSA) is 52.6 Å². The first kappa shape index (κ1) is 15.1. The Morgan fingerprint density at radius 1 is 1.50 bits per heavy atom. The Balaban J connectivity index is 2.93. The SMILES string of the molecule is CN(C)C(=O)c1ccc(Cl)cc1NCC(O)CCl. The molecule has 0 aromatic heterocycles. The second-order valence-electron chi connectivity index (χ2n) is 4.08. The van der Waals surface area contributed by atoms with Gasteiger partial charge in [0.15, 0.2) is 0 Å². The summed E-state index contributed by atoms with van der Waals surface area (Å²) in [6.07, 6.45) is -0.673. The quantitative estimate of drug-likeness (QED) is 0.816. The fraction of sp³-hybridized carbons (Fsp3) is 0.417. The van der Waals surface area contributed by atoms with Gasteiger partial charge < -0.3 is 15.3 Å². The summed E-state index contributed by atoms with van der Waals surface area (Å²) in [5.41, 5.74) is 1.09. The second kappa shape index (κ2) is 6.83. The number of aliphatic hydroxyl groups is 1. The molecule has 0 bridgehead atoms. The van der Waals surface area contributed by atoms with E-state index in [2.05, 4.69) is 5.32 Å². The van der Waals surface area contributed by atoms with Crippen molar-refractivity contribution in [3.8, 4) is 0 Å². The summed E-state index contributed by atoms with van der Waals surface area (Å²) in [6, 6.07) is 4.96. The highest BCUT2D eigenvalue weighted by molar-refractivity contribution is 6.31. The minimum Gasteiger partial charge on any atom is -0.390 e. The number of amides is 1. The second-order valence-corrected chi connectivity index (χ2v) is 4.82. The summed E-state index contributed by atoms with van der Waals surface area (Å²) in [7, 11) is 3.35.